The van der Waals surface area contributed by atoms with Crippen molar-refractivity contribution in [3.05, 3.63) is 64.7 Å². The number of benzene rings is 2. The summed E-state index contributed by atoms with van der Waals surface area (Å²) in [4.78, 5) is 40.8. The van der Waals surface area contributed by atoms with Crippen molar-refractivity contribution in [1.29, 1.82) is 0 Å². The highest BCUT2D eigenvalue weighted by Gasteiger charge is 2.38. The van der Waals surface area contributed by atoms with Gasteiger partial charge in [0.05, 0.1) is 24.2 Å². The van der Waals surface area contributed by atoms with Crippen LogP contribution in [0.4, 0.5) is 0 Å². The van der Waals surface area contributed by atoms with Crippen molar-refractivity contribution in [1.82, 2.24) is 5.06 Å². The van der Waals surface area contributed by atoms with Crippen LogP contribution in [0.2, 0.25) is 5.02 Å². The van der Waals surface area contributed by atoms with E-state index in [1.54, 1.807) is 36.4 Å². The zero-order chi connectivity index (χ0) is 17.1. The summed E-state index contributed by atoms with van der Waals surface area (Å²) < 4.78 is 5.36. The topological polar surface area (TPSA) is 72.9 Å². The van der Waals surface area contributed by atoms with Crippen LogP contribution in [-0.2, 0) is 9.63 Å². The van der Waals surface area contributed by atoms with Gasteiger partial charge in [-0.15, -0.1) is 0 Å². The number of fused-ring (bicyclic) bond motifs is 1. The largest absolute Gasteiger partial charge is 0.493 e. The Morgan fingerprint density at radius 2 is 1.54 bits per heavy atom. The van der Waals surface area contributed by atoms with Crippen molar-refractivity contribution >= 4 is 29.4 Å². The van der Waals surface area contributed by atoms with Gasteiger partial charge in [0, 0.05) is 5.02 Å². The number of nitrogens with zero attached hydrogens (tertiary/aromatic N) is 1. The van der Waals surface area contributed by atoms with Crippen LogP contribution in [0.1, 0.15) is 27.1 Å². The lowest BCUT2D eigenvalue weighted by molar-refractivity contribution is -0.169. The maximum absolute atomic E-state index is 12.1. The van der Waals surface area contributed by atoms with Gasteiger partial charge < -0.3 is 9.57 Å². The van der Waals surface area contributed by atoms with Crippen LogP contribution in [0.25, 0.3) is 0 Å². The van der Waals surface area contributed by atoms with E-state index >= 15 is 0 Å². The van der Waals surface area contributed by atoms with Gasteiger partial charge in [0.25, 0.3) is 11.8 Å². The number of carbonyl (C=O) groups excluding carboxylic acids is 3. The molecule has 2 amide bonds. The minimum atomic E-state index is -0.738. The molecule has 0 fully saturated rings. The summed E-state index contributed by atoms with van der Waals surface area (Å²) in [6.45, 7) is 0.0453. The SMILES string of the molecule is O=C(CCOc1ccc(Cl)cc1)ON1C(=O)c2ccccc2C1=O. The van der Waals surface area contributed by atoms with Crippen LogP contribution >= 0.6 is 11.6 Å². The molecule has 6 nitrogen and oxygen atoms in total. The smallest absolute Gasteiger partial charge is 0.336 e. The van der Waals surface area contributed by atoms with E-state index in [0.29, 0.717) is 15.8 Å². The molecule has 122 valence electrons. The lowest BCUT2D eigenvalue weighted by Gasteiger charge is -2.13. The lowest BCUT2D eigenvalue weighted by atomic mass is 10.1. The highest BCUT2D eigenvalue weighted by molar-refractivity contribution is 6.30. The van der Waals surface area contributed by atoms with Crippen molar-refractivity contribution in [2.24, 2.45) is 0 Å². The number of ether oxygens (including phenoxy) is 1. The Labute approximate surface area is 142 Å². The number of rotatable bonds is 5. The minimum absolute atomic E-state index is 0.0453. The van der Waals surface area contributed by atoms with E-state index in [2.05, 4.69) is 0 Å². The first-order valence-corrected chi connectivity index (χ1v) is 7.51. The molecule has 0 bridgehead atoms. The van der Waals surface area contributed by atoms with Gasteiger partial charge in [-0.1, -0.05) is 28.8 Å². The van der Waals surface area contributed by atoms with E-state index in [4.69, 9.17) is 21.2 Å². The summed E-state index contributed by atoms with van der Waals surface area (Å²) in [5.41, 5.74) is 0.431. The van der Waals surface area contributed by atoms with Gasteiger partial charge in [-0.3, -0.25) is 9.59 Å². The third-order valence-electron chi connectivity index (χ3n) is 3.34. The Morgan fingerprint density at radius 3 is 2.12 bits per heavy atom. The van der Waals surface area contributed by atoms with Crippen LogP contribution in [-0.4, -0.2) is 29.5 Å². The van der Waals surface area contributed by atoms with Crippen molar-refractivity contribution < 1.29 is 24.0 Å². The molecule has 3 rings (SSSR count). The zero-order valence-corrected chi connectivity index (χ0v) is 13.2. The molecule has 7 heteroatoms. The normalized spacial score (nSPS) is 13.0. The van der Waals surface area contributed by atoms with Crippen molar-refractivity contribution in [2.75, 3.05) is 6.61 Å². The number of halogens is 1. The van der Waals surface area contributed by atoms with Crippen LogP contribution in [0.15, 0.2) is 48.5 Å². The molecule has 0 aliphatic carbocycles. The summed E-state index contributed by atoms with van der Waals surface area (Å²) in [6, 6.07) is 12.9. The van der Waals surface area contributed by atoms with Gasteiger partial charge >= 0.3 is 5.97 Å². The number of imide groups is 1. The molecule has 0 spiro atoms. The third kappa shape index (κ3) is 3.23. The number of amides is 2. The first kappa shape index (κ1) is 16.0. The summed E-state index contributed by atoms with van der Waals surface area (Å²) in [7, 11) is 0. The Hall–Kier alpha value is -2.86. The number of hydrogen-bond donors (Lipinski definition) is 0. The fourth-order valence-corrected chi connectivity index (χ4v) is 2.31. The molecule has 0 unspecified atom stereocenters. The zero-order valence-electron chi connectivity index (χ0n) is 12.4. The first-order chi connectivity index (χ1) is 11.6. The van der Waals surface area contributed by atoms with Crippen LogP contribution in [0, 0.1) is 0 Å². The molecule has 2 aromatic carbocycles. The fraction of sp³-hybridized carbons (Fsp3) is 0.118. The molecule has 1 aliphatic heterocycles. The second-order valence-electron chi connectivity index (χ2n) is 4.97. The van der Waals surface area contributed by atoms with Gasteiger partial charge in [-0.25, -0.2) is 4.79 Å². The van der Waals surface area contributed by atoms with Gasteiger partial charge in [-0.05, 0) is 36.4 Å². The molecule has 24 heavy (non-hydrogen) atoms. The Kier molecular flexibility index (Phi) is 4.48. The van der Waals surface area contributed by atoms with E-state index in [1.165, 1.54) is 12.1 Å². The molecule has 0 N–H and O–H groups in total. The minimum Gasteiger partial charge on any atom is -0.493 e. The van der Waals surface area contributed by atoms with Crippen molar-refractivity contribution in [2.45, 2.75) is 6.42 Å². The molecule has 0 radical (unpaired) electrons. The fourth-order valence-electron chi connectivity index (χ4n) is 2.18. The molecule has 1 aliphatic rings. The van der Waals surface area contributed by atoms with E-state index in [9.17, 15) is 14.4 Å². The maximum Gasteiger partial charge on any atom is 0.336 e. The molecule has 1 heterocycles. The van der Waals surface area contributed by atoms with E-state index < -0.39 is 17.8 Å². The standard InChI is InChI=1S/C17H12ClNO5/c18-11-5-7-12(8-6-11)23-10-9-15(20)24-19-16(21)13-3-1-2-4-14(13)17(19)22/h1-8H,9-10H2. The average molecular weight is 346 g/mol. The summed E-state index contributed by atoms with van der Waals surface area (Å²) in [5, 5.41) is 1.06. The monoisotopic (exact) mass is 345 g/mol. The predicted molar refractivity (Wildman–Crippen MR) is 84.6 cm³/mol. The average Bonchev–Trinajstić information content (AvgIpc) is 2.82. The molecular formula is C17H12ClNO5. The Balaban J connectivity index is 1.53. The van der Waals surface area contributed by atoms with Crippen LogP contribution < -0.4 is 4.74 Å². The Morgan fingerprint density at radius 1 is 0.958 bits per heavy atom. The highest BCUT2D eigenvalue weighted by atomic mass is 35.5. The van der Waals surface area contributed by atoms with Gasteiger partial charge in [-0.2, -0.15) is 0 Å². The predicted octanol–water partition coefficient (Wildman–Crippen LogP) is 2.86. The second-order valence-corrected chi connectivity index (χ2v) is 5.40. The Bertz CT molecular complexity index is 768. The third-order valence-corrected chi connectivity index (χ3v) is 3.59. The van der Waals surface area contributed by atoms with Crippen LogP contribution in [0.5, 0.6) is 5.75 Å². The number of hydroxylamine groups is 2. The van der Waals surface area contributed by atoms with Crippen LogP contribution in [0.3, 0.4) is 0 Å². The first-order valence-electron chi connectivity index (χ1n) is 7.13. The number of hydrogen-bond acceptors (Lipinski definition) is 5. The van der Waals surface area contributed by atoms with Gasteiger partial charge in [0.2, 0.25) is 0 Å². The van der Waals surface area contributed by atoms with Crippen molar-refractivity contribution in [3.63, 3.8) is 0 Å². The summed E-state index contributed by atoms with van der Waals surface area (Å²) in [6.07, 6.45) is -0.115. The van der Waals surface area contributed by atoms with E-state index in [0.717, 1.165) is 0 Å². The molecule has 0 saturated carbocycles. The van der Waals surface area contributed by atoms with Gasteiger partial charge in [0.15, 0.2) is 0 Å². The second kappa shape index (κ2) is 6.72. The molecule has 0 saturated heterocycles. The maximum atomic E-state index is 12.1. The quantitative estimate of drug-likeness (QED) is 0.779. The van der Waals surface area contributed by atoms with E-state index in [-0.39, 0.29) is 24.2 Å². The summed E-state index contributed by atoms with van der Waals surface area (Å²) in [5.74, 6) is -1.49. The van der Waals surface area contributed by atoms with E-state index in [1.807, 2.05) is 0 Å². The number of carbonyl (C=O) groups is 3. The molecular weight excluding hydrogens is 334 g/mol. The molecule has 0 atom stereocenters. The van der Waals surface area contributed by atoms with Gasteiger partial charge in [0.1, 0.15) is 5.75 Å². The molecule has 2 aromatic rings. The highest BCUT2D eigenvalue weighted by Crippen LogP contribution is 2.23. The van der Waals surface area contributed by atoms with Crippen molar-refractivity contribution in [3.8, 4) is 5.75 Å². The summed E-state index contributed by atoms with van der Waals surface area (Å²) >= 11 is 5.76. The lowest BCUT2D eigenvalue weighted by Crippen LogP contribution is -2.33. The molecule has 0 aromatic heterocycles.